The molecule has 114 valence electrons. The first-order chi connectivity index (χ1) is 10.0. The minimum Gasteiger partial charge on any atom is -0.481 e. The molecule has 0 radical (unpaired) electrons. The predicted octanol–water partition coefficient (Wildman–Crippen LogP) is -0.232. The van der Waals surface area contributed by atoms with Crippen LogP contribution in [0.2, 0.25) is 0 Å². The Balaban J connectivity index is 1.84. The van der Waals surface area contributed by atoms with Gasteiger partial charge in [0.1, 0.15) is 5.82 Å². The summed E-state index contributed by atoms with van der Waals surface area (Å²) in [5.74, 6) is -0.192. The van der Waals surface area contributed by atoms with E-state index in [2.05, 4.69) is 19.8 Å². The van der Waals surface area contributed by atoms with Crippen molar-refractivity contribution < 1.29 is 9.90 Å². The zero-order valence-corrected chi connectivity index (χ0v) is 12.1. The van der Waals surface area contributed by atoms with Crippen LogP contribution in [0.5, 0.6) is 0 Å². The molecule has 1 atom stereocenters. The predicted molar refractivity (Wildman–Crippen MR) is 76.3 cm³/mol. The van der Waals surface area contributed by atoms with Crippen molar-refractivity contribution in [3.63, 3.8) is 0 Å². The number of carboxylic acid groups (broad SMARTS) is 1. The molecular weight excluding hydrogens is 272 g/mol. The molecule has 7 nitrogen and oxygen atoms in total. The second-order valence-electron chi connectivity index (χ2n) is 5.76. The number of nitrogens with zero attached hydrogens (tertiary/aromatic N) is 3. The van der Waals surface area contributed by atoms with Gasteiger partial charge in [0.15, 0.2) is 0 Å². The molecule has 3 saturated heterocycles. The van der Waals surface area contributed by atoms with Crippen LogP contribution in [0.3, 0.4) is 0 Å². The lowest BCUT2D eigenvalue weighted by molar-refractivity contribution is -0.136. The Hall–Kier alpha value is -1.73. The van der Waals surface area contributed by atoms with Gasteiger partial charge in [-0.3, -0.25) is 19.4 Å². The van der Waals surface area contributed by atoms with Crippen LogP contribution < -0.4 is 5.56 Å². The summed E-state index contributed by atoms with van der Waals surface area (Å²) in [6.45, 7) is 6.86. The molecule has 1 aromatic rings. The number of nitrogens with one attached hydrogen (secondary N) is 1. The zero-order valence-electron chi connectivity index (χ0n) is 12.1. The first kappa shape index (κ1) is 14.2. The maximum absolute atomic E-state index is 12.2. The molecule has 0 aliphatic carbocycles. The highest BCUT2D eigenvalue weighted by molar-refractivity contribution is 5.67. The van der Waals surface area contributed by atoms with Gasteiger partial charge in [0.2, 0.25) is 0 Å². The molecule has 2 N–H and O–H groups in total. The van der Waals surface area contributed by atoms with Crippen LogP contribution in [0, 0.1) is 6.92 Å². The van der Waals surface area contributed by atoms with Crippen LogP contribution in [0.25, 0.3) is 0 Å². The van der Waals surface area contributed by atoms with Crippen LogP contribution in [-0.4, -0.2) is 63.6 Å². The fraction of sp³-hybridized carbons (Fsp3) is 0.643. The van der Waals surface area contributed by atoms with E-state index in [0.717, 1.165) is 32.7 Å². The fourth-order valence-corrected chi connectivity index (χ4v) is 3.19. The highest BCUT2D eigenvalue weighted by Crippen LogP contribution is 2.26. The molecule has 1 aromatic heterocycles. The molecule has 4 rings (SSSR count). The van der Waals surface area contributed by atoms with Crippen LogP contribution in [0.4, 0.5) is 0 Å². The third-order valence-electron chi connectivity index (χ3n) is 4.42. The zero-order chi connectivity index (χ0) is 15.0. The van der Waals surface area contributed by atoms with E-state index in [9.17, 15) is 9.59 Å². The largest absolute Gasteiger partial charge is 0.481 e. The van der Waals surface area contributed by atoms with Gasteiger partial charge in [-0.25, -0.2) is 4.98 Å². The lowest BCUT2D eigenvalue weighted by Crippen LogP contribution is -2.57. The van der Waals surface area contributed by atoms with E-state index >= 15 is 0 Å². The summed E-state index contributed by atoms with van der Waals surface area (Å²) in [6.07, 6.45) is 0.179. The quantitative estimate of drug-likeness (QED) is 0.796. The van der Waals surface area contributed by atoms with Crippen molar-refractivity contribution in [2.75, 3.05) is 32.7 Å². The van der Waals surface area contributed by atoms with E-state index in [1.54, 1.807) is 6.92 Å². The molecule has 21 heavy (non-hydrogen) atoms. The Morgan fingerprint density at radius 1 is 1.38 bits per heavy atom. The molecule has 0 aromatic carbocycles. The second kappa shape index (κ2) is 5.57. The molecular formula is C14H20N4O3. The van der Waals surface area contributed by atoms with Crippen molar-refractivity contribution in [1.29, 1.82) is 0 Å². The number of H-pyrrole nitrogens is 1. The topological polar surface area (TPSA) is 89.5 Å². The molecule has 3 aliphatic rings. The lowest BCUT2D eigenvalue weighted by Gasteiger charge is -2.46. The average Bonchev–Trinajstić information content (AvgIpc) is 2.47. The number of carboxylic acids is 1. The monoisotopic (exact) mass is 292 g/mol. The number of aliphatic carboxylic acids is 1. The van der Waals surface area contributed by atoms with Crippen molar-refractivity contribution in [2.24, 2.45) is 0 Å². The van der Waals surface area contributed by atoms with Gasteiger partial charge in [-0.05, 0) is 13.3 Å². The van der Waals surface area contributed by atoms with Crippen molar-refractivity contribution >= 4 is 5.97 Å². The number of aromatic amines is 1. The third-order valence-corrected chi connectivity index (χ3v) is 4.42. The van der Waals surface area contributed by atoms with Gasteiger partial charge >= 0.3 is 5.97 Å². The maximum atomic E-state index is 12.2. The Kier molecular flexibility index (Phi) is 3.77. The van der Waals surface area contributed by atoms with E-state index in [1.165, 1.54) is 0 Å². The number of hydrogen-bond acceptors (Lipinski definition) is 5. The van der Waals surface area contributed by atoms with E-state index < -0.39 is 5.97 Å². The highest BCUT2D eigenvalue weighted by atomic mass is 16.4. The maximum Gasteiger partial charge on any atom is 0.303 e. The lowest BCUT2D eigenvalue weighted by atomic mass is 10.1. The Bertz CT molecular complexity index is 605. The fourth-order valence-electron chi connectivity index (χ4n) is 3.19. The van der Waals surface area contributed by atoms with Crippen molar-refractivity contribution in [3.8, 4) is 0 Å². The molecule has 1 unspecified atom stereocenters. The van der Waals surface area contributed by atoms with Crippen LogP contribution >= 0.6 is 0 Å². The second-order valence-corrected chi connectivity index (χ2v) is 5.76. The summed E-state index contributed by atoms with van der Waals surface area (Å²) in [5, 5.41) is 8.74. The third kappa shape index (κ3) is 2.84. The average molecular weight is 292 g/mol. The van der Waals surface area contributed by atoms with Crippen LogP contribution in [-0.2, 0) is 11.2 Å². The summed E-state index contributed by atoms with van der Waals surface area (Å²) in [4.78, 5) is 35.0. The highest BCUT2D eigenvalue weighted by Gasteiger charge is 2.34. The van der Waals surface area contributed by atoms with Crippen molar-refractivity contribution in [1.82, 2.24) is 19.8 Å². The van der Waals surface area contributed by atoms with E-state index in [4.69, 9.17) is 5.11 Å². The number of fused-ring (bicyclic) bond motifs is 3. The SMILES string of the molecule is Cc1nc(C2CN3CCN2CC3)[nH]c(=O)c1CCC(=O)O. The Morgan fingerprint density at radius 2 is 2.10 bits per heavy atom. The van der Waals surface area contributed by atoms with Gasteiger partial charge in [0.25, 0.3) is 5.56 Å². The number of rotatable bonds is 4. The van der Waals surface area contributed by atoms with Gasteiger partial charge in [-0.2, -0.15) is 0 Å². The molecule has 4 heterocycles. The standard InChI is InChI=1S/C14H20N4O3/c1-9-10(2-3-12(19)20)14(21)16-13(15-9)11-8-17-4-6-18(11)7-5-17/h11H,2-8H2,1H3,(H,19,20)(H,15,16,21). The number of hydrogen-bond donors (Lipinski definition) is 2. The smallest absolute Gasteiger partial charge is 0.303 e. The van der Waals surface area contributed by atoms with E-state index in [0.29, 0.717) is 17.1 Å². The molecule has 2 bridgehead atoms. The van der Waals surface area contributed by atoms with Gasteiger partial charge in [0, 0.05) is 50.4 Å². The summed E-state index contributed by atoms with van der Waals surface area (Å²) < 4.78 is 0. The number of aromatic nitrogens is 2. The van der Waals surface area contributed by atoms with Crippen LogP contribution in [0.1, 0.15) is 29.5 Å². The molecule has 3 aliphatic heterocycles. The molecule has 0 spiro atoms. The van der Waals surface area contributed by atoms with E-state index in [1.807, 2.05) is 0 Å². The van der Waals surface area contributed by atoms with Gasteiger partial charge < -0.3 is 10.1 Å². The first-order valence-electron chi connectivity index (χ1n) is 7.32. The van der Waals surface area contributed by atoms with Crippen molar-refractivity contribution in [3.05, 3.63) is 27.4 Å². The first-order valence-corrected chi connectivity index (χ1v) is 7.32. The minimum absolute atomic E-state index is 0.0473. The molecule has 0 amide bonds. The molecule has 3 fully saturated rings. The normalized spacial score (nSPS) is 27.8. The molecule has 0 saturated carbocycles. The number of aryl methyl sites for hydroxylation is 1. The van der Waals surface area contributed by atoms with Gasteiger partial charge in [-0.1, -0.05) is 0 Å². The van der Waals surface area contributed by atoms with E-state index in [-0.39, 0.29) is 24.4 Å². The number of carbonyl (C=O) groups is 1. The molecule has 7 heteroatoms. The van der Waals surface area contributed by atoms with Gasteiger partial charge in [-0.15, -0.1) is 0 Å². The summed E-state index contributed by atoms with van der Waals surface area (Å²) in [5.41, 5.74) is 0.932. The summed E-state index contributed by atoms with van der Waals surface area (Å²) >= 11 is 0. The summed E-state index contributed by atoms with van der Waals surface area (Å²) in [7, 11) is 0. The Labute approximate surface area is 122 Å². The van der Waals surface area contributed by atoms with Crippen LogP contribution in [0.15, 0.2) is 4.79 Å². The Morgan fingerprint density at radius 3 is 2.62 bits per heavy atom. The van der Waals surface area contributed by atoms with Gasteiger partial charge in [0.05, 0.1) is 6.04 Å². The van der Waals surface area contributed by atoms with Crippen molar-refractivity contribution in [2.45, 2.75) is 25.8 Å². The minimum atomic E-state index is -0.902. The summed E-state index contributed by atoms with van der Waals surface area (Å²) in [6, 6.07) is 0.146. The number of piperazine rings is 3.